The largest absolute Gasteiger partial charge is 0.369 e. The van der Waals surface area contributed by atoms with E-state index in [1.807, 2.05) is 54.6 Å². The summed E-state index contributed by atoms with van der Waals surface area (Å²) in [7, 11) is 0. The van der Waals surface area contributed by atoms with E-state index >= 15 is 0 Å². The summed E-state index contributed by atoms with van der Waals surface area (Å²) in [4.78, 5) is 13.8. The van der Waals surface area contributed by atoms with E-state index in [1.54, 1.807) is 0 Å². The third-order valence-corrected chi connectivity index (χ3v) is 4.09. The van der Waals surface area contributed by atoms with Gasteiger partial charge in [0.05, 0.1) is 73.8 Å². The van der Waals surface area contributed by atoms with Gasteiger partial charge in [-0.2, -0.15) is 0 Å². The first kappa shape index (κ1) is 17.7. The lowest BCUT2D eigenvalue weighted by atomic mass is 10.3. The van der Waals surface area contributed by atoms with E-state index in [9.17, 15) is 0 Å². The van der Waals surface area contributed by atoms with Crippen LogP contribution in [0.25, 0.3) is 0 Å². The van der Waals surface area contributed by atoms with Crippen molar-refractivity contribution in [3.63, 3.8) is 0 Å². The van der Waals surface area contributed by atoms with Gasteiger partial charge < -0.3 is 14.2 Å². The van der Waals surface area contributed by atoms with E-state index in [0.29, 0.717) is 39.6 Å². The van der Waals surface area contributed by atoms with Crippen molar-refractivity contribution in [3.05, 3.63) is 88.8 Å². The summed E-state index contributed by atoms with van der Waals surface area (Å²) < 4.78 is 17.3. The number of nitrogens with zero attached hydrogens (tertiary/aromatic N) is 3. The summed E-state index contributed by atoms with van der Waals surface area (Å²) in [6.45, 7) is 2.58. The Morgan fingerprint density at radius 1 is 0.407 bits per heavy atom. The Labute approximate surface area is 158 Å². The third kappa shape index (κ3) is 5.17. The van der Waals surface area contributed by atoms with Crippen molar-refractivity contribution in [2.75, 3.05) is 0 Å². The highest BCUT2D eigenvalue weighted by Gasteiger charge is 2.05. The van der Waals surface area contributed by atoms with Crippen LogP contribution in [0.5, 0.6) is 0 Å². The molecule has 138 valence electrons. The standard InChI is InChI=1S/C21H21N3O3/c1-4-16-10-25-12-18-6-2-8-20(23-18)14-27-15-21-9-3-7-19(24-21)13-26-11-17(5-1)22-16/h1-9H,10-15H2. The highest BCUT2D eigenvalue weighted by atomic mass is 16.5. The summed E-state index contributed by atoms with van der Waals surface area (Å²) in [5.41, 5.74) is 5.23. The lowest BCUT2D eigenvalue weighted by molar-refractivity contribution is 0.0895. The van der Waals surface area contributed by atoms with Crippen molar-refractivity contribution in [1.29, 1.82) is 0 Å². The molecule has 0 fully saturated rings. The van der Waals surface area contributed by atoms with Crippen LogP contribution in [0.3, 0.4) is 0 Å². The van der Waals surface area contributed by atoms with Gasteiger partial charge in [-0.05, 0) is 36.4 Å². The topological polar surface area (TPSA) is 66.4 Å². The molecule has 6 nitrogen and oxygen atoms in total. The second-order valence-corrected chi connectivity index (χ2v) is 6.34. The van der Waals surface area contributed by atoms with Crippen LogP contribution < -0.4 is 0 Å². The first-order valence-corrected chi connectivity index (χ1v) is 8.93. The normalized spacial score (nSPS) is 15.6. The van der Waals surface area contributed by atoms with Crippen molar-refractivity contribution in [2.24, 2.45) is 0 Å². The average Bonchev–Trinajstić information content (AvgIpc) is 2.69. The lowest BCUT2D eigenvalue weighted by Crippen LogP contribution is -2.05. The van der Waals surface area contributed by atoms with Crippen LogP contribution in [0, 0.1) is 0 Å². The molecular formula is C21H21N3O3. The zero-order chi connectivity index (χ0) is 18.3. The van der Waals surface area contributed by atoms with Gasteiger partial charge in [-0.25, -0.2) is 0 Å². The predicted molar refractivity (Wildman–Crippen MR) is 98.2 cm³/mol. The third-order valence-electron chi connectivity index (χ3n) is 4.09. The second kappa shape index (κ2) is 8.81. The van der Waals surface area contributed by atoms with Gasteiger partial charge in [0.2, 0.25) is 0 Å². The first-order chi connectivity index (χ1) is 13.3. The van der Waals surface area contributed by atoms with Crippen molar-refractivity contribution < 1.29 is 14.2 Å². The highest BCUT2D eigenvalue weighted by molar-refractivity contribution is 5.13. The van der Waals surface area contributed by atoms with Crippen molar-refractivity contribution >= 4 is 0 Å². The Morgan fingerprint density at radius 3 is 0.852 bits per heavy atom. The van der Waals surface area contributed by atoms with E-state index in [4.69, 9.17) is 14.2 Å². The van der Waals surface area contributed by atoms with E-state index in [2.05, 4.69) is 15.0 Å². The molecular weight excluding hydrogens is 342 g/mol. The monoisotopic (exact) mass is 363 g/mol. The summed E-state index contributed by atoms with van der Waals surface area (Å²) in [6.07, 6.45) is 0. The Balaban J connectivity index is 1.54. The maximum atomic E-state index is 5.77. The van der Waals surface area contributed by atoms with Crippen LogP contribution in [0.1, 0.15) is 34.2 Å². The van der Waals surface area contributed by atoms with Gasteiger partial charge in [0.1, 0.15) is 0 Å². The molecule has 4 rings (SSSR count). The van der Waals surface area contributed by atoms with Crippen molar-refractivity contribution in [2.45, 2.75) is 39.6 Å². The van der Waals surface area contributed by atoms with Crippen LogP contribution >= 0.6 is 0 Å². The summed E-state index contributed by atoms with van der Waals surface area (Å²) in [5.74, 6) is 0. The fraction of sp³-hybridized carbons (Fsp3) is 0.286. The molecule has 0 spiro atoms. The van der Waals surface area contributed by atoms with Gasteiger partial charge in [0.25, 0.3) is 0 Å². The maximum absolute atomic E-state index is 5.77. The number of fused-ring (bicyclic) bond motifs is 6. The molecule has 6 bridgehead atoms. The molecule has 0 amide bonds. The molecule has 0 unspecified atom stereocenters. The molecule has 0 aliphatic carbocycles. The Bertz CT molecular complexity index is 726. The number of rotatable bonds is 0. The van der Waals surface area contributed by atoms with Crippen LogP contribution in [-0.2, 0) is 53.9 Å². The Hall–Kier alpha value is -2.67. The fourth-order valence-corrected chi connectivity index (χ4v) is 2.85. The van der Waals surface area contributed by atoms with E-state index in [0.717, 1.165) is 34.2 Å². The molecule has 6 heteroatoms. The van der Waals surface area contributed by atoms with Crippen LogP contribution in [-0.4, -0.2) is 15.0 Å². The number of aromatic nitrogens is 3. The van der Waals surface area contributed by atoms with Gasteiger partial charge in [-0.1, -0.05) is 18.2 Å². The van der Waals surface area contributed by atoms with Crippen LogP contribution in [0.4, 0.5) is 0 Å². The lowest BCUT2D eigenvalue weighted by Gasteiger charge is -2.10. The molecule has 1 aliphatic heterocycles. The first-order valence-electron chi connectivity index (χ1n) is 8.93. The molecule has 1 aliphatic rings. The number of pyridine rings is 3. The van der Waals surface area contributed by atoms with Crippen LogP contribution in [0.2, 0.25) is 0 Å². The molecule has 0 aromatic carbocycles. The zero-order valence-electron chi connectivity index (χ0n) is 15.0. The smallest absolute Gasteiger partial charge is 0.0893 e. The number of hydrogen-bond donors (Lipinski definition) is 0. The predicted octanol–water partition coefficient (Wildman–Crippen LogP) is 3.34. The fourth-order valence-electron chi connectivity index (χ4n) is 2.85. The molecule has 3 aromatic rings. The van der Waals surface area contributed by atoms with Gasteiger partial charge in [-0.3, -0.25) is 15.0 Å². The number of hydrogen-bond acceptors (Lipinski definition) is 6. The minimum absolute atomic E-state index is 0.430. The van der Waals surface area contributed by atoms with Crippen molar-refractivity contribution in [1.82, 2.24) is 15.0 Å². The minimum atomic E-state index is 0.430. The number of ether oxygens (including phenoxy) is 3. The van der Waals surface area contributed by atoms with E-state index in [1.165, 1.54) is 0 Å². The maximum Gasteiger partial charge on any atom is 0.0893 e. The Kier molecular flexibility index (Phi) is 5.79. The molecule has 0 radical (unpaired) electrons. The summed E-state index contributed by atoms with van der Waals surface area (Å²) in [6, 6.07) is 17.6. The average molecular weight is 363 g/mol. The molecule has 27 heavy (non-hydrogen) atoms. The van der Waals surface area contributed by atoms with Crippen LogP contribution in [0.15, 0.2) is 54.6 Å². The summed E-state index contributed by atoms with van der Waals surface area (Å²) in [5, 5.41) is 0. The molecule has 4 heterocycles. The Morgan fingerprint density at radius 2 is 0.630 bits per heavy atom. The van der Waals surface area contributed by atoms with Crippen molar-refractivity contribution in [3.8, 4) is 0 Å². The minimum Gasteiger partial charge on any atom is -0.369 e. The van der Waals surface area contributed by atoms with Gasteiger partial charge >= 0.3 is 0 Å². The molecule has 0 atom stereocenters. The quantitative estimate of drug-likeness (QED) is 0.610. The van der Waals surface area contributed by atoms with E-state index in [-0.39, 0.29) is 0 Å². The van der Waals surface area contributed by atoms with E-state index < -0.39 is 0 Å². The van der Waals surface area contributed by atoms with Gasteiger partial charge in [0, 0.05) is 0 Å². The SMILES string of the molecule is c1cc2nc(c1)COCc1cccc(n1)COCc1cccc(n1)COC2. The van der Waals surface area contributed by atoms with Gasteiger partial charge in [0.15, 0.2) is 0 Å². The highest BCUT2D eigenvalue weighted by Crippen LogP contribution is 2.10. The zero-order valence-corrected chi connectivity index (χ0v) is 15.0. The molecule has 3 aromatic heterocycles. The van der Waals surface area contributed by atoms with Gasteiger partial charge in [-0.15, -0.1) is 0 Å². The summed E-state index contributed by atoms with van der Waals surface area (Å²) >= 11 is 0. The molecule has 0 saturated heterocycles. The molecule has 0 saturated carbocycles. The second-order valence-electron chi connectivity index (χ2n) is 6.34. The molecule has 0 N–H and O–H groups in total.